The first-order valence-electron chi connectivity index (χ1n) is 8.88. The number of carbonyl (C=O) groups is 1. The maximum Gasteiger partial charge on any atom is 0.271 e. The van der Waals surface area contributed by atoms with Gasteiger partial charge in [0, 0.05) is 30.9 Å². The summed E-state index contributed by atoms with van der Waals surface area (Å²) < 4.78 is 1.98. The molecule has 0 spiro atoms. The molecule has 2 aromatic heterocycles. The molecule has 2 N–H and O–H groups in total. The van der Waals surface area contributed by atoms with Gasteiger partial charge in [0.25, 0.3) is 5.91 Å². The van der Waals surface area contributed by atoms with Crippen molar-refractivity contribution in [1.82, 2.24) is 20.1 Å². The van der Waals surface area contributed by atoms with E-state index in [0.717, 1.165) is 18.5 Å². The van der Waals surface area contributed by atoms with E-state index in [1.165, 1.54) is 0 Å². The summed E-state index contributed by atoms with van der Waals surface area (Å²) in [5.74, 6) is 0.869. The minimum Gasteiger partial charge on any atom is -0.367 e. The molecule has 0 radical (unpaired) electrons. The highest BCUT2D eigenvalue weighted by Crippen LogP contribution is 2.41. The molecule has 1 aliphatic rings. The molecule has 26 heavy (non-hydrogen) atoms. The van der Waals surface area contributed by atoms with Crippen LogP contribution >= 0.6 is 0 Å². The molecule has 136 valence electrons. The second kappa shape index (κ2) is 7.16. The van der Waals surface area contributed by atoms with Gasteiger partial charge in [-0.3, -0.25) is 9.48 Å². The maximum atomic E-state index is 12.4. The second-order valence-corrected chi connectivity index (χ2v) is 7.51. The van der Waals surface area contributed by atoms with Gasteiger partial charge >= 0.3 is 0 Å². The van der Waals surface area contributed by atoms with E-state index >= 15 is 0 Å². The van der Waals surface area contributed by atoms with Gasteiger partial charge in [-0.05, 0) is 51.8 Å². The summed E-state index contributed by atoms with van der Waals surface area (Å²) in [5.41, 5.74) is 1.94. The van der Waals surface area contributed by atoms with Crippen molar-refractivity contribution >= 4 is 11.7 Å². The Morgan fingerprint density at radius 1 is 1.38 bits per heavy atom. The number of pyridine rings is 1. The zero-order chi connectivity index (χ0) is 18.7. The van der Waals surface area contributed by atoms with E-state index in [0.29, 0.717) is 36.1 Å². The highest BCUT2D eigenvalue weighted by Gasteiger charge is 2.32. The molecular formula is C19H24N6O. The number of aromatic nitrogens is 3. The first-order valence-corrected chi connectivity index (χ1v) is 8.88. The highest BCUT2D eigenvalue weighted by atomic mass is 16.1. The predicted octanol–water partition coefficient (Wildman–Crippen LogP) is 2.62. The lowest BCUT2D eigenvalue weighted by molar-refractivity contribution is 0.0948. The monoisotopic (exact) mass is 352 g/mol. The maximum absolute atomic E-state index is 12.4. The number of carbonyl (C=O) groups excluding carboxylic acids is 1. The van der Waals surface area contributed by atoms with Crippen molar-refractivity contribution in [1.29, 1.82) is 5.26 Å². The molecule has 1 amide bonds. The first kappa shape index (κ1) is 17.9. The average Bonchev–Trinajstić information content (AvgIpc) is 3.35. The van der Waals surface area contributed by atoms with Crippen LogP contribution in [-0.4, -0.2) is 33.8 Å². The molecule has 0 aliphatic heterocycles. The van der Waals surface area contributed by atoms with Gasteiger partial charge < -0.3 is 10.6 Å². The van der Waals surface area contributed by atoms with Gasteiger partial charge in [-0.2, -0.15) is 10.4 Å². The van der Waals surface area contributed by atoms with Crippen molar-refractivity contribution < 1.29 is 4.79 Å². The topological polar surface area (TPSA) is 95.6 Å². The van der Waals surface area contributed by atoms with Crippen molar-refractivity contribution in [2.75, 3.05) is 18.4 Å². The molecule has 0 bridgehead atoms. The third-order valence-electron chi connectivity index (χ3n) is 4.23. The van der Waals surface area contributed by atoms with Gasteiger partial charge in [-0.25, -0.2) is 4.98 Å². The number of nitriles is 1. The largest absolute Gasteiger partial charge is 0.367 e. The molecule has 1 fully saturated rings. The fraction of sp³-hybridized carbons (Fsp3) is 0.474. The molecule has 0 atom stereocenters. The molecule has 0 unspecified atom stereocenters. The van der Waals surface area contributed by atoms with Crippen LogP contribution in [0.2, 0.25) is 0 Å². The van der Waals surface area contributed by atoms with Crippen molar-refractivity contribution in [3.63, 3.8) is 0 Å². The Labute approximate surface area is 153 Å². The van der Waals surface area contributed by atoms with E-state index in [-0.39, 0.29) is 11.4 Å². The average molecular weight is 352 g/mol. The molecule has 2 aromatic rings. The van der Waals surface area contributed by atoms with Crippen LogP contribution in [0.15, 0.2) is 24.4 Å². The molecule has 7 heteroatoms. The van der Waals surface area contributed by atoms with Crippen LogP contribution in [0.4, 0.5) is 5.82 Å². The van der Waals surface area contributed by atoms with Gasteiger partial charge in [-0.1, -0.05) is 0 Å². The lowest BCUT2D eigenvalue weighted by atomic mass is 10.1. The molecule has 3 rings (SSSR count). The van der Waals surface area contributed by atoms with Crippen LogP contribution in [-0.2, 0) is 5.54 Å². The number of hydrogen-bond donors (Lipinski definition) is 2. The van der Waals surface area contributed by atoms with E-state index in [1.807, 2.05) is 10.7 Å². The normalized spacial score (nSPS) is 13.9. The minimum absolute atomic E-state index is 0.148. The van der Waals surface area contributed by atoms with Gasteiger partial charge in [0.15, 0.2) is 0 Å². The summed E-state index contributed by atoms with van der Waals surface area (Å²) in [6.45, 7) is 7.18. The molecule has 0 aromatic carbocycles. The summed E-state index contributed by atoms with van der Waals surface area (Å²) in [6.07, 6.45) is 3.95. The summed E-state index contributed by atoms with van der Waals surface area (Å²) in [6, 6.07) is 7.42. The molecule has 0 saturated heterocycles. The Morgan fingerprint density at radius 3 is 2.81 bits per heavy atom. The molecule has 1 aliphatic carbocycles. The summed E-state index contributed by atoms with van der Waals surface area (Å²) >= 11 is 0. The van der Waals surface area contributed by atoms with Crippen LogP contribution < -0.4 is 10.6 Å². The molecule has 2 heterocycles. The van der Waals surface area contributed by atoms with Gasteiger partial charge in [0.2, 0.25) is 0 Å². The minimum atomic E-state index is -0.182. The van der Waals surface area contributed by atoms with Gasteiger partial charge in [-0.15, -0.1) is 0 Å². The Hall–Kier alpha value is -2.88. The Bertz CT molecular complexity index is 838. The standard InChI is InChI=1S/C19H24N6O/c1-19(2,3)25-16(13-6-7-13)11-15(24-25)18(26)23-10-9-22-17-14(12-20)5-4-8-21-17/h4-5,8,11,13H,6-7,9-10H2,1-3H3,(H,21,22)(H,23,26). The number of hydrogen-bond acceptors (Lipinski definition) is 5. The number of rotatable bonds is 6. The van der Waals surface area contributed by atoms with Crippen LogP contribution in [0.1, 0.15) is 61.3 Å². The number of amides is 1. The van der Waals surface area contributed by atoms with Crippen molar-refractivity contribution in [2.24, 2.45) is 0 Å². The summed E-state index contributed by atoms with van der Waals surface area (Å²) in [4.78, 5) is 16.6. The Kier molecular flexibility index (Phi) is 4.94. The van der Waals surface area contributed by atoms with E-state index in [9.17, 15) is 4.79 Å². The number of nitrogens with zero attached hydrogens (tertiary/aromatic N) is 4. The second-order valence-electron chi connectivity index (χ2n) is 7.51. The van der Waals surface area contributed by atoms with Crippen LogP contribution in [0, 0.1) is 11.3 Å². The van der Waals surface area contributed by atoms with Gasteiger partial charge in [0.1, 0.15) is 17.6 Å². The third kappa shape index (κ3) is 4.02. The molecular weight excluding hydrogens is 328 g/mol. The zero-order valence-electron chi connectivity index (χ0n) is 15.4. The van der Waals surface area contributed by atoms with E-state index in [2.05, 4.69) is 47.6 Å². The summed E-state index contributed by atoms with van der Waals surface area (Å²) in [5, 5.41) is 19.5. The lowest BCUT2D eigenvalue weighted by Gasteiger charge is -2.22. The smallest absolute Gasteiger partial charge is 0.271 e. The first-order chi connectivity index (χ1) is 12.4. The quantitative estimate of drug-likeness (QED) is 0.779. The SMILES string of the molecule is CC(C)(C)n1nc(C(=O)NCCNc2ncccc2C#N)cc1C1CC1. The van der Waals surface area contributed by atoms with Crippen molar-refractivity contribution in [3.05, 3.63) is 41.3 Å². The van der Waals surface area contributed by atoms with Crippen LogP contribution in [0.5, 0.6) is 0 Å². The highest BCUT2D eigenvalue weighted by molar-refractivity contribution is 5.92. The van der Waals surface area contributed by atoms with Crippen molar-refractivity contribution in [2.45, 2.75) is 45.1 Å². The molecule has 1 saturated carbocycles. The van der Waals surface area contributed by atoms with Gasteiger partial charge in [0.05, 0.1) is 11.1 Å². The van der Waals surface area contributed by atoms with Crippen molar-refractivity contribution in [3.8, 4) is 6.07 Å². The van der Waals surface area contributed by atoms with Crippen LogP contribution in [0.3, 0.4) is 0 Å². The number of nitrogens with one attached hydrogen (secondary N) is 2. The summed E-state index contributed by atoms with van der Waals surface area (Å²) in [7, 11) is 0. The molecule has 7 nitrogen and oxygen atoms in total. The fourth-order valence-corrected chi connectivity index (χ4v) is 2.80. The van der Waals surface area contributed by atoms with Crippen LogP contribution in [0.25, 0.3) is 0 Å². The Balaban J connectivity index is 1.58. The van der Waals surface area contributed by atoms with E-state index in [4.69, 9.17) is 5.26 Å². The lowest BCUT2D eigenvalue weighted by Crippen LogP contribution is -2.30. The van der Waals surface area contributed by atoms with E-state index in [1.54, 1.807) is 18.3 Å². The number of anilines is 1. The third-order valence-corrected chi connectivity index (χ3v) is 4.23. The fourth-order valence-electron chi connectivity index (χ4n) is 2.80. The Morgan fingerprint density at radius 2 is 2.15 bits per heavy atom. The van der Waals surface area contributed by atoms with E-state index < -0.39 is 0 Å². The zero-order valence-corrected chi connectivity index (χ0v) is 15.4. The predicted molar refractivity (Wildman–Crippen MR) is 99.0 cm³/mol.